The highest BCUT2D eigenvalue weighted by molar-refractivity contribution is 9.10. The van der Waals surface area contributed by atoms with Gasteiger partial charge in [-0.15, -0.1) is 0 Å². The van der Waals surface area contributed by atoms with Crippen LogP contribution in [-0.2, 0) is 0 Å². The fourth-order valence-electron chi connectivity index (χ4n) is 1.36. The number of ether oxygens (including phenoxy) is 1. The van der Waals surface area contributed by atoms with Gasteiger partial charge in [-0.05, 0) is 34.1 Å². The first-order chi connectivity index (χ1) is 6.74. The Hall–Kier alpha value is -1.16. The van der Waals surface area contributed by atoms with Crippen molar-refractivity contribution >= 4 is 26.7 Å². The van der Waals surface area contributed by atoms with E-state index >= 15 is 0 Å². The first kappa shape index (κ1) is 9.40. The molecule has 0 atom stereocenters. The molecule has 2 rings (SSSR count). The monoisotopic (exact) mass is 255 g/mol. The summed E-state index contributed by atoms with van der Waals surface area (Å²) in [6.45, 7) is 0. The summed E-state index contributed by atoms with van der Waals surface area (Å²) in [5.74, 6) is 0.338. The second-order valence-corrected chi connectivity index (χ2v) is 3.53. The Morgan fingerprint density at radius 1 is 1.36 bits per heavy atom. The summed E-state index contributed by atoms with van der Waals surface area (Å²) >= 11 is 3.26. The first-order valence-corrected chi connectivity index (χ1v) is 4.80. The topological polar surface area (TPSA) is 22.1 Å². The molecule has 0 fully saturated rings. The lowest BCUT2D eigenvalue weighted by Gasteiger charge is -2.06. The molecule has 1 aromatic heterocycles. The molecule has 0 spiro atoms. The van der Waals surface area contributed by atoms with E-state index in [2.05, 4.69) is 20.9 Å². The van der Waals surface area contributed by atoms with Gasteiger partial charge in [0.25, 0.3) is 0 Å². The number of benzene rings is 1. The van der Waals surface area contributed by atoms with E-state index in [9.17, 15) is 4.39 Å². The zero-order valence-corrected chi connectivity index (χ0v) is 9.01. The molecule has 0 amide bonds. The van der Waals surface area contributed by atoms with E-state index in [4.69, 9.17) is 4.74 Å². The molecule has 4 heteroatoms. The van der Waals surface area contributed by atoms with Crippen LogP contribution in [0.25, 0.3) is 10.8 Å². The molecule has 14 heavy (non-hydrogen) atoms. The van der Waals surface area contributed by atoms with Crippen molar-refractivity contribution < 1.29 is 9.13 Å². The number of halogens is 2. The Bertz CT molecular complexity index is 487. The van der Waals surface area contributed by atoms with Crippen LogP contribution in [-0.4, -0.2) is 12.1 Å². The molecule has 0 aliphatic carbocycles. The molecule has 0 saturated heterocycles. The average molecular weight is 256 g/mol. The lowest BCUT2D eigenvalue weighted by atomic mass is 10.1. The molecule has 1 heterocycles. The molecule has 1 aromatic carbocycles. The summed E-state index contributed by atoms with van der Waals surface area (Å²) in [6.07, 6.45) is 1.55. The van der Waals surface area contributed by atoms with Crippen LogP contribution >= 0.6 is 15.9 Å². The highest BCUT2D eigenvalue weighted by Gasteiger charge is 2.09. The molecule has 0 unspecified atom stereocenters. The molecule has 2 aromatic rings. The minimum Gasteiger partial charge on any atom is -0.496 e. The van der Waals surface area contributed by atoms with Crippen molar-refractivity contribution in [2.75, 3.05) is 7.11 Å². The van der Waals surface area contributed by atoms with Crippen LogP contribution in [0.1, 0.15) is 0 Å². The second kappa shape index (κ2) is 3.53. The average Bonchev–Trinajstić information content (AvgIpc) is 2.20. The maximum absolute atomic E-state index is 13.4. The Labute approximate surface area is 88.8 Å². The number of pyridine rings is 1. The minimum atomic E-state index is -0.274. The number of methoxy groups -OCH3 is 1. The van der Waals surface area contributed by atoms with Crippen molar-refractivity contribution in [2.24, 2.45) is 0 Å². The molecular formula is C10H7BrFNO. The number of aromatic nitrogens is 1. The fourth-order valence-corrected chi connectivity index (χ4v) is 1.89. The van der Waals surface area contributed by atoms with Gasteiger partial charge in [-0.3, -0.25) is 0 Å². The Morgan fingerprint density at radius 3 is 2.86 bits per heavy atom. The van der Waals surface area contributed by atoms with E-state index in [0.717, 1.165) is 0 Å². The maximum atomic E-state index is 13.4. The zero-order chi connectivity index (χ0) is 10.1. The summed E-state index contributed by atoms with van der Waals surface area (Å²) < 4.78 is 19.1. The Morgan fingerprint density at radius 2 is 2.14 bits per heavy atom. The third-order valence-electron chi connectivity index (χ3n) is 2.01. The van der Waals surface area contributed by atoms with Gasteiger partial charge in [-0.1, -0.05) is 0 Å². The van der Waals surface area contributed by atoms with E-state index < -0.39 is 0 Å². The van der Waals surface area contributed by atoms with Crippen LogP contribution in [0.4, 0.5) is 4.39 Å². The van der Waals surface area contributed by atoms with E-state index in [1.807, 2.05) is 0 Å². The van der Waals surface area contributed by atoms with Gasteiger partial charge in [-0.2, -0.15) is 0 Å². The predicted octanol–water partition coefficient (Wildman–Crippen LogP) is 3.15. The highest BCUT2D eigenvalue weighted by Crippen LogP contribution is 2.32. The van der Waals surface area contributed by atoms with Crippen LogP contribution in [0.3, 0.4) is 0 Å². The molecule has 0 aliphatic rings. The Kier molecular flexibility index (Phi) is 2.37. The van der Waals surface area contributed by atoms with E-state index in [0.29, 0.717) is 21.1 Å². The smallest absolute Gasteiger partial charge is 0.131 e. The number of hydrogen-bond acceptors (Lipinski definition) is 2. The lowest BCUT2D eigenvalue weighted by molar-refractivity contribution is 0.419. The molecular weight excluding hydrogens is 249 g/mol. The number of hydrogen-bond donors (Lipinski definition) is 0. The molecule has 0 aliphatic heterocycles. The van der Waals surface area contributed by atoms with Crippen molar-refractivity contribution in [1.29, 1.82) is 0 Å². The Balaban J connectivity index is 2.92. The van der Waals surface area contributed by atoms with Gasteiger partial charge in [-0.25, -0.2) is 9.37 Å². The van der Waals surface area contributed by atoms with Gasteiger partial charge < -0.3 is 4.74 Å². The SMILES string of the molecule is COc1ccc(F)c2ccnc(Br)c12. The van der Waals surface area contributed by atoms with Crippen LogP contribution in [0, 0.1) is 5.82 Å². The first-order valence-electron chi connectivity index (χ1n) is 4.00. The molecule has 0 N–H and O–H groups in total. The highest BCUT2D eigenvalue weighted by atomic mass is 79.9. The molecule has 0 radical (unpaired) electrons. The summed E-state index contributed by atoms with van der Waals surface area (Å²) in [5.41, 5.74) is 0. The lowest BCUT2D eigenvalue weighted by Crippen LogP contribution is -1.89. The third-order valence-corrected chi connectivity index (χ3v) is 2.61. The van der Waals surface area contributed by atoms with Gasteiger partial charge in [0.1, 0.15) is 16.2 Å². The normalized spacial score (nSPS) is 10.5. The van der Waals surface area contributed by atoms with Crippen molar-refractivity contribution in [3.63, 3.8) is 0 Å². The van der Waals surface area contributed by atoms with Crippen LogP contribution in [0.15, 0.2) is 29.0 Å². The summed E-state index contributed by atoms with van der Waals surface area (Å²) in [5, 5.41) is 1.17. The zero-order valence-electron chi connectivity index (χ0n) is 7.42. The molecule has 72 valence electrons. The van der Waals surface area contributed by atoms with Crippen LogP contribution < -0.4 is 4.74 Å². The molecule has 0 saturated carbocycles. The van der Waals surface area contributed by atoms with Crippen molar-refractivity contribution in [1.82, 2.24) is 4.98 Å². The van der Waals surface area contributed by atoms with Crippen LogP contribution in [0.2, 0.25) is 0 Å². The third kappa shape index (κ3) is 1.35. The predicted molar refractivity (Wildman–Crippen MR) is 56.0 cm³/mol. The quantitative estimate of drug-likeness (QED) is 0.731. The van der Waals surface area contributed by atoms with Crippen LogP contribution in [0.5, 0.6) is 5.75 Å². The summed E-state index contributed by atoms with van der Waals surface area (Å²) in [6, 6.07) is 4.59. The van der Waals surface area contributed by atoms with Gasteiger partial charge in [0.15, 0.2) is 0 Å². The fraction of sp³-hybridized carbons (Fsp3) is 0.100. The van der Waals surface area contributed by atoms with E-state index in [1.165, 1.54) is 6.07 Å². The molecule has 2 nitrogen and oxygen atoms in total. The standard InChI is InChI=1S/C10H7BrFNO/c1-14-8-3-2-7(12)6-4-5-13-10(11)9(6)8/h2-5H,1H3. The maximum Gasteiger partial charge on any atom is 0.131 e. The van der Waals surface area contributed by atoms with Gasteiger partial charge in [0, 0.05) is 11.6 Å². The van der Waals surface area contributed by atoms with E-state index in [1.54, 1.807) is 25.4 Å². The number of nitrogens with zero attached hydrogens (tertiary/aromatic N) is 1. The molecule has 0 bridgehead atoms. The van der Waals surface area contributed by atoms with Gasteiger partial charge in [0.05, 0.1) is 12.5 Å². The summed E-state index contributed by atoms with van der Waals surface area (Å²) in [4.78, 5) is 4.03. The minimum absolute atomic E-state index is 0.274. The van der Waals surface area contributed by atoms with Crippen molar-refractivity contribution in [3.05, 3.63) is 34.8 Å². The van der Waals surface area contributed by atoms with Gasteiger partial charge >= 0.3 is 0 Å². The van der Waals surface area contributed by atoms with E-state index in [-0.39, 0.29) is 5.82 Å². The number of rotatable bonds is 1. The summed E-state index contributed by atoms with van der Waals surface area (Å²) in [7, 11) is 1.55. The second-order valence-electron chi connectivity index (χ2n) is 2.77. The van der Waals surface area contributed by atoms with Crippen molar-refractivity contribution in [2.45, 2.75) is 0 Å². The van der Waals surface area contributed by atoms with Gasteiger partial charge in [0.2, 0.25) is 0 Å². The number of fused-ring (bicyclic) bond motifs is 1. The largest absolute Gasteiger partial charge is 0.496 e. The van der Waals surface area contributed by atoms with Crippen molar-refractivity contribution in [3.8, 4) is 5.75 Å².